The lowest BCUT2D eigenvalue weighted by atomic mass is 9.87. The van der Waals surface area contributed by atoms with Crippen molar-refractivity contribution in [3.63, 3.8) is 0 Å². The summed E-state index contributed by atoms with van der Waals surface area (Å²) in [6.07, 6.45) is 0.163. The van der Waals surface area contributed by atoms with Gasteiger partial charge < -0.3 is 10.2 Å². The van der Waals surface area contributed by atoms with Crippen molar-refractivity contribution in [1.82, 2.24) is 0 Å². The minimum absolute atomic E-state index is 0.570. The molecule has 0 bridgehead atoms. The summed E-state index contributed by atoms with van der Waals surface area (Å²) in [7, 11) is 0. The highest BCUT2D eigenvalue weighted by molar-refractivity contribution is 9.10. The maximum Gasteiger partial charge on any atom is 0.333 e. The molecule has 16 heavy (non-hydrogen) atoms. The van der Waals surface area contributed by atoms with Gasteiger partial charge >= 0.3 is 5.97 Å². The molecule has 1 saturated carbocycles. The monoisotopic (exact) mass is 284 g/mol. The fraction of sp³-hybridized carbons (Fsp3) is 0.417. The van der Waals surface area contributed by atoms with Gasteiger partial charge in [0.2, 0.25) is 0 Å². The Balaban J connectivity index is 2.44. The third-order valence-corrected chi connectivity index (χ3v) is 3.78. The van der Waals surface area contributed by atoms with Gasteiger partial charge in [-0.25, -0.2) is 4.79 Å². The van der Waals surface area contributed by atoms with E-state index in [4.69, 9.17) is 5.11 Å². The van der Waals surface area contributed by atoms with Gasteiger partial charge in [-0.2, -0.15) is 0 Å². The highest BCUT2D eigenvalue weighted by Crippen LogP contribution is 2.52. The van der Waals surface area contributed by atoms with E-state index in [1.54, 1.807) is 0 Å². The summed E-state index contributed by atoms with van der Waals surface area (Å²) in [6, 6.07) is 5.77. The number of carbonyl (C=O) groups is 1. The summed E-state index contributed by atoms with van der Waals surface area (Å²) in [5.74, 6) is -1.14. The van der Waals surface area contributed by atoms with Crippen LogP contribution in [0.2, 0.25) is 0 Å². The molecule has 1 atom stereocenters. The van der Waals surface area contributed by atoms with Crippen LogP contribution in [0, 0.1) is 6.92 Å². The fourth-order valence-corrected chi connectivity index (χ4v) is 2.55. The number of aliphatic hydroxyl groups is 1. The van der Waals surface area contributed by atoms with Gasteiger partial charge in [-0.1, -0.05) is 22.0 Å². The molecule has 1 aromatic carbocycles. The predicted octanol–water partition coefficient (Wildman–Crippen LogP) is 2.23. The molecular weight excluding hydrogens is 272 g/mol. The lowest BCUT2D eigenvalue weighted by Gasteiger charge is -2.21. The number of aryl methyl sites for hydroxylation is 1. The number of carboxylic acid groups (broad SMARTS) is 1. The second-order valence-electron chi connectivity index (χ2n) is 4.36. The van der Waals surface area contributed by atoms with Crippen molar-refractivity contribution in [3.8, 4) is 0 Å². The average Bonchev–Trinajstić information content (AvgIpc) is 3.01. The number of aliphatic carboxylic acids is 1. The van der Waals surface area contributed by atoms with Crippen molar-refractivity contribution in [2.75, 3.05) is 0 Å². The molecule has 0 amide bonds. The summed E-state index contributed by atoms with van der Waals surface area (Å²) in [4.78, 5) is 10.9. The van der Waals surface area contributed by atoms with Crippen LogP contribution in [0.15, 0.2) is 22.7 Å². The molecule has 4 heteroatoms. The standard InChI is InChI=1S/C12H13BrO3/c1-7-2-3-8(13)6-9(7)12(4-5-12)10(14)11(15)16/h2-3,6,10,14H,4-5H2,1H3,(H,15,16). The molecule has 0 saturated heterocycles. The van der Waals surface area contributed by atoms with Gasteiger partial charge in [0.05, 0.1) is 0 Å². The first-order valence-electron chi connectivity index (χ1n) is 5.15. The van der Waals surface area contributed by atoms with Crippen LogP contribution < -0.4 is 0 Å². The van der Waals surface area contributed by atoms with Crippen molar-refractivity contribution < 1.29 is 15.0 Å². The van der Waals surface area contributed by atoms with E-state index >= 15 is 0 Å². The predicted molar refractivity (Wildman–Crippen MR) is 63.4 cm³/mol. The van der Waals surface area contributed by atoms with Crippen LogP contribution in [0.3, 0.4) is 0 Å². The first-order valence-corrected chi connectivity index (χ1v) is 5.94. The molecule has 86 valence electrons. The van der Waals surface area contributed by atoms with E-state index < -0.39 is 17.5 Å². The first-order chi connectivity index (χ1) is 7.47. The van der Waals surface area contributed by atoms with E-state index in [0.29, 0.717) is 0 Å². The van der Waals surface area contributed by atoms with Crippen LogP contribution in [-0.4, -0.2) is 22.3 Å². The van der Waals surface area contributed by atoms with Crippen LogP contribution in [0.5, 0.6) is 0 Å². The molecule has 0 aromatic heterocycles. The Bertz CT molecular complexity index is 438. The van der Waals surface area contributed by atoms with E-state index in [2.05, 4.69) is 15.9 Å². The van der Waals surface area contributed by atoms with Crippen molar-refractivity contribution in [1.29, 1.82) is 0 Å². The molecule has 2 N–H and O–H groups in total. The third-order valence-electron chi connectivity index (χ3n) is 3.28. The van der Waals surface area contributed by atoms with Crippen LogP contribution in [0.25, 0.3) is 0 Å². The largest absolute Gasteiger partial charge is 0.479 e. The number of halogens is 1. The Hall–Kier alpha value is -0.870. The van der Waals surface area contributed by atoms with E-state index in [1.807, 2.05) is 25.1 Å². The quantitative estimate of drug-likeness (QED) is 0.895. The lowest BCUT2D eigenvalue weighted by Crippen LogP contribution is -2.34. The molecule has 1 aromatic rings. The van der Waals surface area contributed by atoms with Crippen molar-refractivity contribution in [3.05, 3.63) is 33.8 Å². The molecule has 0 aliphatic heterocycles. The van der Waals surface area contributed by atoms with Crippen molar-refractivity contribution in [2.24, 2.45) is 0 Å². The SMILES string of the molecule is Cc1ccc(Br)cc1C1(C(O)C(=O)O)CC1. The Morgan fingerprint density at radius 3 is 2.62 bits per heavy atom. The van der Waals surface area contributed by atoms with Crippen LogP contribution in [0.4, 0.5) is 0 Å². The summed E-state index contributed by atoms with van der Waals surface area (Å²) < 4.78 is 0.914. The second-order valence-corrected chi connectivity index (χ2v) is 5.27. The molecule has 1 fully saturated rings. The summed E-state index contributed by atoms with van der Waals surface area (Å²) >= 11 is 3.37. The van der Waals surface area contributed by atoms with Gasteiger partial charge in [0, 0.05) is 9.89 Å². The van der Waals surface area contributed by atoms with Crippen molar-refractivity contribution >= 4 is 21.9 Å². The van der Waals surface area contributed by atoms with Gasteiger partial charge in [-0.3, -0.25) is 0 Å². The molecule has 1 aliphatic rings. The smallest absolute Gasteiger partial charge is 0.333 e. The molecule has 3 nitrogen and oxygen atoms in total. The summed E-state index contributed by atoms with van der Waals surface area (Å²) in [5, 5.41) is 18.7. The van der Waals surface area contributed by atoms with Crippen LogP contribution in [0.1, 0.15) is 24.0 Å². The number of benzene rings is 1. The zero-order valence-corrected chi connectivity index (χ0v) is 10.5. The highest BCUT2D eigenvalue weighted by Gasteiger charge is 2.54. The maximum absolute atomic E-state index is 10.9. The molecule has 0 spiro atoms. The minimum Gasteiger partial charge on any atom is -0.479 e. The third kappa shape index (κ3) is 1.76. The highest BCUT2D eigenvalue weighted by atomic mass is 79.9. The molecule has 1 unspecified atom stereocenters. The van der Waals surface area contributed by atoms with Crippen LogP contribution in [-0.2, 0) is 10.2 Å². The Morgan fingerprint density at radius 1 is 1.50 bits per heavy atom. The normalized spacial score (nSPS) is 19.2. The van der Waals surface area contributed by atoms with E-state index in [0.717, 1.165) is 28.4 Å². The Labute approximate surface area is 102 Å². The van der Waals surface area contributed by atoms with Gasteiger partial charge in [0.15, 0.2) is 6.10 Å². The second kappa shape index (κ2) is 3.86. The fourth-order valence-electron chi connectivity index (χ4n) is 2.19. The lowest BCUT2D eigenvalue weighted by molar-refractivity contribution is -0.148. The number of hydrogen-bond acceptors (Lipinski definition) is 2. The van der Waals surface area contributed by atoms with Gasteiger partial charge in [0.25, 0.3) is 0 Å². The number of aliphatic hydroxyl groups excluding tert-OH is 1. The van der Waals surface area contributed by atoms with E-state index in [1.165, 1.54) is 0 Å². The summed E-state index contributed by atoms with van der Waals surface area (Å²) in [6.45, 7) is 1.94. The Kier molecular flexibility index (Phi) is 2.80. The number of rotatable bonds is 3. The summed E-state index contributed by atoms with van der Waals surface area (Å²) in [5.41, 5.74) is 1.40. The average molecular weight is 285 g/mol. The van der Waals surface area contributed by atoms with Gasteiger partial charge in [-0.15, -0.1) is 0 Å². The minimum atomic E-state index is -1.31. The molecule has 2 rings (SSSR count). The topological polar surface area (TPSA) is 57.5 Å². The van der Waals surface area contributed by atoms with E-state index in [-0.39, 0.29) is 0 Å². The van der Waals surface area contributed by atoms with Crippen molar-refractivity contribution in [2.45, 2.75) is 31.3 Å². The molecular formula is C12H13BrO3. The number of hydrogen-bond donors (Lipinski definition) is 2. The van der Waals surface area contributed by atoms with Gasteiger partial charge in [0.1, 0.15) is 0 Å². The van der Waals surface area contributed by atoms with E-state index in [9.17, 15) is 9.90 Å². The molecule has 0 heterocycles. The first kappa shape index (κ1) is 11.6. The van der Waals surface area contributed by atoms with Gasteiger partial charge in [-0.05, 0) is 43.0 Å². The molecule has 1 aliphatic carbocycles. The zero-order valence-electron chi connectivity index (χ0n) is 8.90. The zero-order chi connectivity index (χ0) is 11.9. The maximum atomic E-state index is 10.9. The molecule has 0 radical (unpaired) electrons. The Morgan fingerprint density at radius 2 is 2.12 bits per heavy atom. The van der Waals surface area contributed by atoms with Crippen LogP contribution >= 0.6 is 15.9 Å². The number of carboxylic acids is 1.